The third kappa shape index (κ3) is 7.36. The molecule has 2 amide bonds. The number of nitrogens with zero attached hydrogens (tertiary/aromatic N) is 2. The number of anilines is 1. The smallest absolute Gasteiger partial charge is 0.244 e. The summed E-state index contributed by atoms with van der Waals surface area (Å²) in [6.07, 6.45) is 1.39. The van der Waals surface area contributed by atoms with Crippen LogP contribution in [0.1, 0.15) is 25.8 Å². The van der Waals surface area contributed by atoms with Gasteiger partial charge in [0.05, 0.1) is 19.1 Å². The average Bonchev–Trinajstić information content (AvgIpc) is 2.77. The quantitative estimate of drug-likeness (QED) is 0.517. The van der Waals surface area contributed by atoms with Crippen molar-refractivity contribution in [3.8, 4) is 5.75 Å². The Morgan fingerprint density at radius 1 is 1.12 bits per heavy atom. The zero-order chi connectivity index (χ0) is 24.6. The summed E-state index contributed by atoms with van der Waals surface area (Å²) in [5.41, 5.74) is 1.05. The second-order valence-corrected chi connectivity index (χ2v) is 9.78. The van der Waals surface area contributed by atoms with Gasteiger partial charge in [-0.25, -0.2) is 8.42 Å². The van der Waals surface area contributed by atoms with E-state index in [1.165, 1.54) is 11.0 Å². The van der Waals surface area contributed by atoms with Gasteiger partial charge in [-0.05, 0) is 49.2 Å². The van der Waals surface area contributed by atoms with Gasteiger partial charge in [0, 0.05) is 18.1 Å². The average molecular weight is 496 g/mol. The van der Waals surface area contributed by atoms with Gasteiger partial charge in [0.2, 0.25) is 21.8 Å². The van der Waals surface area contributed by atoms with Crippen LogP contribution in [0.25, 0.3) is 0 Å². The molecule has 1 N–H and O–H groups in total. The zero-order valence-corrected chi connectivity index (χ0v) is 20.8. The summed E-state index contributed by atoms with van der Waals surface area (Å²) < 4.78 is 31.2. The molecular formula is C23H30ClN3O5S. The first-order valence-corrected chi connectivity index (χ1v) is 12.8. The van der Waals surface area contributed by atoms with Crippen LogP contribution >= 0.6 is 11.6 Å². The molecule has 0 aliphatic heterocycles. The molecule has 0 aliphatic rings. The number of amides is 2. The van der Waals surface area contributed by atoms with Crippen molar-refractivity contribution in [1.29, 1.82) is 0 Å². The van der Waals surface area contributed by atoms with Crippen molar-refractivity contribution in [3.63, 3.8) is 0 Å². The number of benzene rings is 2. The number of nitrogens with one attached hydrogen (secondary N) is 1. The van der Waals surface area contributed by atoms with Gasteiger partial charge in [-0.3, -0.25) is 13.9 Å². The molecule has 8 nitrogen and oxygen atoms in total. The number of ether oxygens (including phenoxy) is 1. The van der Waals surface area contributed by atoms with Gasteiger partial charge in [0.25, 0.3) is 0 Å². The standard InChI is InChI=1S/C23H30ClN3O5S/c1-5-21(23(29)25-6-2)26(15-17-10-12-20(32-3)13-11-17)22(28)16-27(33(4,30)31)19-9-7-8-18(24)14-19/h7-14,21H,5-6,15-16H2,1-4H3,(H,25,29). The number of hydrogen-bond donors (Lipinski definition) is 1. The Labute approximate surface area is 200 Å². The highest BCUT2D eigenvalue weighted by Gasteiger charge is 2.31. The number of carbonyl (C=O) groups is 2. The summed E-state index contributed by atoms with van der Waals surface area (Å²) in [4.78, 5) is 27.6. The van der Waals surface area contributed by atoms with Crippen LogP contribution in [0.3, 0.4) is 0 Å². The summed E-state index contributed by atoms with van der Waals surface area (Å²) in [6, 6.07) is 12.6. The Hall–Kier alpha value is -2.78. The van der Waals surface area contributed by atoms with E-state index in [-0.39, 0.29) is 18.1 Å². The van der Waals surface area contributed by atoms with E-state index in [0.717, 1.165) is 16.1 Å². The molecule has 2 aromatic rings. The molecular weight excluding hydrogens is 466 g/mol. The number of methoxy groups -OCH3 is 1. The first kappa shape index (κ1) is 26.5. The van der Waals surface area contributed by atoms with E-state index in [4.69, 9.17) is 16.3 Å². The fraction of sp³-hybridized carbons (Fsp3) is 0.391. The summed E-state index contributed by atoms with van der Waals surface area (Å²) in [5, 5.41) is 3.10. The Bertz CT molecular complexity index is 1060. The van der Waals surface area contributed by atoms with Gasteiger partial charge in [0.15, 0.2) is 0 Å². The first-order valence-electron chi connectivity index (χ1n) is 10.5. The molecule has 2 rings (SSSR count). The van der Waals surface area contributed by atoms with E-state index in [1.807, 2.05) is 0 Å². The molecule has 1 unspecified atom stereocenters. The van der Waals surface area contributed by atoms with Gasteiger partial charge in [0.1, 0.15) is 18.3 Å². The lowest BCUT2D eigenvalue weighted by atomic mass is 10.1. The Morgan fingerprint density at radius 2 is 1.79 bits per heavy atom. The number of hydrogen-bond acceptors (Lipinski definition) is 5. The van der Waals surface area contributed by atoms with Crippen LogP contribution in [0, 0.1) is 0 Å². The molecule has 0 aliphatic carbocycles. The minimum atomic E-state index is -3.80. The predicted octanol–water partition coefficient (Wildman–Crippen LogP) is 3.06. The molecule has 1 atom stereocenters. The van der Waals surface area contributed by atoms with Crippen molar-refractivity contribution in [2.75, 3.05) is 30.8 Å². The second kappa shape index (κ2) is 11.9. The molecule has 0 fully saturated rings. The van der Waals surface area contributed by atoms with Crippen LogP contribution in [0.15, 0.2) is 48.5 Å². The Morgan fingerprint density at radius 3 is 2.30 bits per heavy atom. The van der Waals surface area contributed by atoms with Crippen molar-refractivity contribution in [1.82, 2.24) is 10.2 Å². The van der Waals surface area contributed by atoms with E-state index < -0.39 is 28.5 Å². The molecule has 0 aromatic heterocycles. The molecule has 180 valence electrons. The largest absolute Gasteiger partial charge is 0.497 e. The molecule has 2 aromatic carbocycles. The maximum atomic E-state index is 13.5. The van der Waals surface area contributed by atoms with Crippen LogP contribution in [-0.4, -0.2) is 57.6 Å². The van der Waals surface area contributed by atoms with E-state index >= 15 is 0 Å². The SMILES string of the molecule is CCNC(=O)C(CC)N(Cc1ccc(OC)cc1)C(=O)CN(c1cccc(Cl)c1)S(C)(=O)=O. The molecule has 10 heteroatoms. The lowest BCUT2D eigenvalue weighted by molar-refractivity contribution is -0.140. The fourth-order valence-corrected chi connectivity index (χ4v) is 4.41. The van der Waals surface area contributed by atoms with Gasteiger partial charge in [-0.15, -0.1) is 0 Å². The number of halogens is 1. The van der Waals surface area contributed by atoms with Gasteiger partial charge in [-0.2, -0.15) is 0 Å². The Balaban J connectivity index is 2.42. The minimum absolute atomic E-state index is 0.131. The van der Waals surface area contributed by atoms with Crippen LogP contribution in [0.4, 0.5) is 5.69 Å². The van der Waals surface area contributed by atoms with E-state index in [2.05, 4.69) is 5.32 Å². The third-order valence-corrected chi connectivity index (χ3v) is 6.40. The first-order chi connectivity index (χ1) is 15.6. The van der Waals surface area contributed by atoms with Crippen molar-refractivity contribution >= 4 is 39.1 Å². The molecule has 0 saturated carbocycles. The molecule has 0 heterocycles. The van der Waals surface area contributed by atoms with Crippen LogP contribution in [-0.2, 0) is 26.2 Å². The minimum Gasteiger partial charge on any atom is -0.497 e. The van der Waals surface area contributed by atoms with Crippen LogP contribution in [0.5, 0.6) is 5.75 Å². The third-order valence-electron chi connectivity index (χ3n) is 5.02. The molecule has 0 radical (unpaired) electrons. The lowest BCUT2D eigenvalue weighted by Gasteiger charge is -2.32. The summed E-state index contributed by atoms with van der Waals surface area (Å²) >= 11 is 6.04. The summed E-state index contributed by atoms with van der Waals surface area (Å²) in [7, 11) is -2.24. The maximum Gasteiger partial charge on any atom is 0.244 e. The molecule has 33 heavy (non-hydrogen) atoms. The molecule has 0 bridgehead atoms. The number of carbonyl (C=O) groups excluding carboxylic acids is 2. The number of likely N-dealkylation sites (N-methyl/N-ethyl adjacent to an activating group) is 1. The highest BCUT2D eigenvalue weighted by Crippen LogP contribution is 2.23. The lowest BCUT2D eigenvalue weighted by Crippen LogP contribution is -2.52. The van der Waals surface area contributed by atoms with Crippen LogP contribution < -0.4 is 14.4 Å². The zero-order valence-electron chi connectivity index (χ0n) is 19.2. The van der Waals surface area contributed by atoms with Crippen molar-refractivity contribution in [2.24, 2.45) is 0 Å². The number of rotatable bonds is 11. The maximum absolute atomic E-state index is 13.5. The monoisotopic (exact) mass is 495 g/mol. The predicted molar refractivity (Wildman–Crippen MR) is 130 cm³/mol. The van der Waals surface area contributed by atoms with Gasteiger partial charge < -0.3 is 15.0 Å². The van der Waals surface area contributed by atoms with Crippen molar-refractivity contribution in [3.05, 3.63) is 59.1 Å². The van der Waals surface area contributed by atoms with Crippen LogP contribution in [0.2, 0.25) is 5.02 Å². The highest BCUT2D eigenvalue weighted by molar-refractivity contribution is 7.92. The summed E-state index contributed by atoms with van der Waals surface area (Å²) in [6.45, 7) is 3.68. The van der Waals surface area contributed by atoms with E-state index in [1.54, 1.807) is 63.4 Å². The topological polar surface area (TPSA) is 96.0 Å². The van der Waals surface area contributed by atoms with Gasteiger partial charge >= 0.3 is 0 Å². The molecule has 0 saturated heterocycles. The molecule has 0 spiro atoms. The second-order valence-electron chi connectivity index (χ2n) is 7.44. The number of sulfonamides is 1. The highest BCUT2D eigenvalue weighted by atomic mass is 35.5. The van der Waals surface area contributed by atoms with Gasteiger partial charge in [-0.1, -0.05) is 36.7 Å². The van der Waals surface area contributed by atoms with E-state index in [9.17, 15) is 18.0 Å². The Kier molecular flexibility index (Phi) is 9.55. The fourth-order valence-electron chi connectivity index (χ4n) is 3.38. The van der Waals surface area contributed by atoms with Crippen molar-refractivity contribution < 1.29 is 22.7 Å². The van der Waals surface area contributed by atoms with Crippen molar-refractivity contribution in [2.45, 2.75) is 32.9 Å². The normalized spacial score (nSPS) is 12.0. The summed E-state index contributed by atoms with van der Waals surface area (Å²) in [5.74, 6) is -0.138. The van der Waals surface area contributed by atoms with E-state index in [0.29, 0.717) is 23.7 Å².